The van der Waals surface area contributed by atoms with Crippen LogP contribution in [-0.4, -0.2) is 56.2 Å². The SMILES string of the molecule is CN1C(=O)C2(Cl)CC3C(=CCC4C(=O)N(c5ccc(C(=O)c6ccccc6)cc5)C(=O)C43)C(c3ccc(O)cc3Cl)C2(Cl)C1=O. The lowest BCUT2D eigenvalue weighted by molar-refractivity contribution is -0.138. The molecule has 1 N–H and O–H groups in total. The van der Waals surface area contributed by atoms with Gasteiger partial charge in [-0.1, -0.05) is 59.6 Å². The summed E-state index contributed by atoms with van der Waals surface area (Å²) in [4.78, 5) is 66.3. The topological polar surface area (TPSA) is 112 Å². The molecule has 4 amide bonds. The lowest BCUT2D eigenvalue weighted by Crippen LogP contribution is -2.60. The second-order valence-electron chi connectivity index (χ2n) is 12.0. The minimum absolute atomic E-state index is 0.107. The number of phenols is 1. The maximum absolute atomic E-state index is 14.2. The van der Waals surface area contributed by atoms with Gasteiger partial charge in [0.1, 0.15) is 5.75 Å². The number of anilines is 1. The zero-order valence-corrected chi connectivity index (χ0v) is 26.0. The van der Waals surface area contributed by atoms with Crippen LogP contribution in [-0.2, 0) is 19.2 Å². The summed E-state index contributed by atoms with van der Waals surface area (Å²) in [5.41, 5.74) is 2.20. The molecule has 8 nitrogen and oxygen atoms in total. The fourth-order valence-corrected chi connectivity index (χ4v) is 8.91. The fraction of sp³-hybridized carbons (Fsp3) is 0.265. The molecule has 2 saturated heterocycles. The number of ketones is 1. The number of imide groups is 2. The van der Waals surface area contributed by atoms with Gasteiger partial charge < -0.3 is 5.11 Å². The molecular formula is C34H25Cl3N2O6. The maximum atomic E-state index is 14.2. The molecule has 0 radical (unpaired) electrons. The van der Waals surface area contributed by atoms with Crippen molar-refractivity contribution in [2.24, 2.45) is 17.8 Å². The van der Waals surface area contributed by atoms with Gasteiger partial charge in [0, 0.05) is 29.1 Å². The van der Waals surface area contributed by atoms with Gasteiger partial charge >= 0.3 is 0 Å². The number of phenolic OH excluding ortho intramolecular Hbond substituents is 1. The first-order valence-electron chi connectivity index (χ1n) is 14.4. The predicted octanol–water partition coefficient (Wildman–Crippen LogP) is 5.47. The van der Waals surface area contributed by atoms with E-state index in [9.17, 15) is 29.1 Å². The molecule has 0 aromatic heterocycles. The monoisotopic (exact) mass is 662 g/mol. The van der Waals surface area contributed by atoms with Crippen LogP contribution in [0.4, 0.5) is 5.69 Å². The molecule has 7 rings (SSSR count). The van der Waals surface area contributed by atoms with E-state index in [1.54, 1.807) is 48.5 Å². The van der Waals surface area contributed by atoms with Crippen LogP contribution in [0.15, 0.2) is 84.4 Å². The highest BCUT2D eigenvalue weighted by molar-refractivity contribution is 6.54. The normalized spacial score (nSPS) is 30.6. The van der Waals surface area contributed by atoms with Crippen LogP contribution in [0.1, 0.15) is 40.2 Å². The molecular weight excluding hydrogens is 639 g/mol. The van der Waals surface area contributed by atoms with Gasteiger partial charge in [0.05, 0.1) is 17.5 Å². The Morgan fingerprint density at radius 2 is 1.53 bits per heavy atom. The van der Waals surface area contributed by atoms with Crippen LogP contribution in [0, 0.1) is 17.8 Å². The van der Waals surface area contributed by atoms with E-state index in [0.717, 1.165) is 9.80 Å². The molecule has 11 heteroatoms. The summed E-state index contributed by atoms with van der Waals surface area (Å²) in [6, 6.07) is 19.3. The number of hydrogen-bond donors (Lipinski definition) is 1. The van der Waals surface area contributed by atoms with E-state index in [2.05, 4.69) is 0 Å². The molecule has 0 bridgehead atoms. The van der Waals surface area contributed by atoms with E-state index < -0.39 is 57.0 Å². The highest BCUT2D eigenvalue weighted by Crippen LogP contribution is 2.66. The zero-order chi connectivity index (χ0) is 32.0. The smallest absolute Gasteiger partial charge is 0.253 e. The van der Waals surface area contributed by atoms with Crippen LogP contribution in [0.5, 0.6) is 5.75 Å². The van der Waals surface area contributed by atoms with Crippen LogP contribution in [0.25, 0.3) is 0 Å². The molecule has 1 saturated carbocycles. The fourth-order valence-electron chi connectivity index (χ4n) is 7.61. The number of aromatic hydroxyl groups is 1. The Labute approximate surface area is 273 Å². The highest BCUT2D eigenvalue weighted by atomic mass is 35.5. The summed E-state index contributed by atoms with van der Waals surface area (Å²) in [7, 11) is 1.31. The van der Waals surface area contributed by atoms with Crippen molar-refractivity contribution in [3.05, 3.63) is 106 Å². The predicted molar refractivity (Wildman–Crippen MR) is 167 cm³/mol. The Balaban J connectivity index is 1.28. The second kappa shape index (κ2) is 10.3. The molecule has 3 aromatic carbocycles. The average Bonchev–Trinajstić information content (AvgIpc) is 3.36. The minimum atomic E-state index is -1.97. The minimum Gasteiger partial charge on any atom is -0.508 e. The molecule has 6 atom stereocenters. The largest absolute Gasteiger partial charge is 0.508 e. The third kappa shape index (κ3) is 4.02. The van der Waals surface area contributed by atoms with E-state index in [-0.39, 0.29) is 29.4 Å². The molecule has 3 aromatic rings. The first kappa shape index (κ1) is 29.7. The lowest BCUT2D eigenvalue weighted by Gasteiger charge is -2.51. The number of rotatable bonds is 4. The summed E-state index contributed by atoms with van der Waals surface area (Å²) in [6.07, 6.45) is 1.85. The van der Waals surface area contributed by atoms with Gasteiger partial charge in [-0.25, -0.2) is 0 Å². The van der Waals surface area contributed by atoms with Crippen molar-refractivity contribution >= 4 is 69.9 Å². The van der Waals surface area contributed by atoms with Gasteiger partial charge in [0.15, 0.2) is 15.5 Å². The molecule has 228 valence electrons. The van der Waals surface area contributed by atoms with Crippen LogP contribution in [0.3, 0.4) is 0 Å². The van der Waals surface area contributed by atoms with Crippen molar-refractivity contribution < 1.29 is 29.1 Å². The summed E-state index contributed by atoms with van der Waals surface area (Å²) in [5, 5.41) is 10.2. The Hall–Kier alpha value is -3.98. The lowest BCUT2D eigenvalue weighted by atomic mass is 9.56. The van der Waals surface area contributed by atoms with Crippen molar-refractivity contribution in [3.63, 3.8) is 0 Å². The summed E-state index contributed by atoms with van der Waals surface area (Å²) in [5.74, 6) is -5.92. The average molecular weight is 664 g/mol. The van der Waals surface area contributed by atoms with Crippen LogP contribution >= 0.6 is 34.8 Å². The van der Waals surface area contributed by atoms with Gasteiger partial charge in [0.25, 0.3) is 11.8 Å². The second-order valence-corrected chi connectivity index (χ2v) is 13.6. The maximum Gasteiger partial charge on any atom is 0.253 e. The van der Waals surface area contributed by atoms with Crippen molar-refractivity contribution in [1.29, 1.82) is 0 Å². The van der Waals surface area contributed by atoms with Crippen LogP contribution < -0.4 is 4.90 Å². The van der Waals surface area contributed by atoms with Crippen molar-refractivity contribution in [2.75, 3.05) is 11.9 Å². The molecule has 3 fully saturated rings. The number of carbonyl (C=O) groups excluding carboxylic acids is 5. The summed E-state index contributed by atoms with van der Waals surface area (Å²) < 4.78 is 0. The summed E-state index contributed by atoms with van der Waals surface area (Å²) in [6.45, 7) is 0. The van der Waals surface area contributed by atoms with Crippen molar-refractivity contribution in [3.8, 4) is 5.75 Å². The van der Waals surface area contributed by atoms with E-state index in [0.29, 0.717) is 28.0 Å². The molecule has 2 aliphatic carbocycles. The number of carbonyl (C=O) groups is 5. The number of allylic oxidation sites excluding steroid dienone is 2. The number of fused-ring (bicyclic) bond motifs is 4. The number of hydrogen-bond acceptors (Lipinski definition) is 6. The number of nitrogens with zero attached hydrogens (tertiary/aromatic N) is 2. The van der Waals surface area contributed by atoms with Gasteiger partial charge in [-0.2, -0.15) is 0 Å². The zero-order valence-electron chi connectivity index (χ0n) is 23.7. The molecule has 2 aliphatic heterocycles. The molecule has 0 spiro atoms. The van der Waals surface area contributed by atoms with Gasteiger partial charge in [-0.3, -0.25) is 33.8 Å². The van der Waals surface area contributed by atoms with Gasteiger partial charge in [0.2, 0.25) is 11.8 Å². The number of halogens is 3. The van der Waals surface area contributed by atoms with E-state index in [1.165, 1.54) is 25.2 Å². The number of benzene rings is 3. The third-order valence-electron chi connectivity index (χ3n) is 9.73. The highest BCUT2D eigenvalue weighted by Gasteiger charge is 2.76. The van der Waals surface area contributed by atoms with Crippen LogP contribution in [0.2, 0.25) is 5.02 Å². The molecule has 4 aliphatic rings. The van der Waals surface area contributed by atoms with Gasteiger partial charge in [-0.05, 0) is 60.7 Å². The Morgan fingerprint density at radius 3 is 2.20 bits per heavy atom. The Bertz CT molecular complexity index is 1860. The standard InChI is InChI=1S/C34H25Cl3N2O6/c1-38-31(44)33(36)16-24-21(27(34(33,37)32(38)45)22-12-11-20(40)15-25(22)35)13-14-23-26(24)30(43)39(29(23)42)19-9-7-18(8-10-19)28(41)17-5-3-2-4-6-17/h2-13,15,23-24,26-27,40H,14,16H2,1H3. The Morgan fingerprint density at radius 1 is 0.867 bits per heavy atom. The number of amides is 4. The van der Waals surface area contributed by atoms with Crippen molar-refractivity contribution in [1.82, 2.24) is 4.90 Å². The third-order valence-corrected chi connectivity index (χ3v) is 11.5. The molecule has 2 heterocycles. The Kier molecular flexibility index (Phi) is 6.78. The van der Waals surface area contributed by atoms with E-state index in [1.807, 2.05) is 12.1 Å². The number of alkyl halides is 2. The molecule has 6 unspecified atom stereocenters. The number of likely N-dealkylation sites (tertiary alicyclic amines) is 1. The summed E-state index contributed by atoms with van der Waals surface area (Å²) >= 11 is 20.9. The first-order chi connectivity index (χ1) is 21.4. The quantitative estimate of drug-likeness (QED) is 0.172. The van der Waals surface area contributed by atoms with E-state index in [4.69, 9.17) is 34.8 Å². The first-order valence-corrected chi connectivity index (χ1v) is 15.5. The van der Waals surface area contributed by atoms with E-state index >= 15 is 0 Å². The molecule has 45 heavy (non-hydrogen) atoms. The van der Waals surface area contributed by atoms with Gasteiger partial charge in [-0.15, -0.1) is 23.2 Å². The van der Waals surface area contributed by atoms with Crippen molar-refractivity contribution in [2.45, 2.75) is 28.5 Å².